The summed E-state index contributed by atoms with van der Waals surface area (Å²) < 4.78 is 74.6. The Balaban J connectivity index is 0.000000350. The Kier molecular flexibility index (Phi) is 10.2. The fraction of sp³-hybridized carbons (Fsp3) is 0.316. The molecule has 0 aliphatic heterocycles. The third-order valence-electron chi connectivity index (χ3n) is 4.34. The van der Waals surface area contributed by atoms with Gasteiger partial charge in [-0.1, -0.05) is 42.5 Å². The van der Waals surface area contributed by atoms with Gasteiger partial charge in [-0.2, -0.15) is 17.6 Å². The summed E-state index contributed by atoms with van der Waals surface area (Å²) in [5.41, 5.74) is -8.62. The third-order valence-corrected chi connectivity index (χ3v) is 7.35. The molecular weight excluding hydrogens is 572 g/mol. The van der Waals surface area contributed by atoms with Crippen LogP contribution in [0.2, 0.25) is 0 Å². The summed E-state index contributed by atoms with van der Waals surface area (Å²) in [7, 11) is -11.0. The largest absolute Gasteiger partial charge is 0.399 e. The first kappa shape index (κ1) is 30.4. The molecule has 0 fully saturated rings. The number of aryl methyl sites for hydroxylation is 1. The first-order chi connectivity index (χ1) is 15.3. The number of alkyl halides is 4. The normalized spacial score (nSPS) is 12.6. The van der Waals surface area contributed by atoms with Gasteiger partial charge in [0, 0.05) is 29.1 Å². The predicted molar refractivity (Wildman–Crippen MR) is 120 cm³/mol. The molecule has 0 radical (unpaired) electrons. The van der Waals surface area contributed by atoms with Crippen LogP contribution in [0.3, 0.4) is 0 Å². The molecule has 8 nitrogen and oxygen atoms in total. The highest BCUT2D eigenvalue weighted by Crippen LogP contribution is 2.61. The van der Waals surface area contributed by atoms with Crippen molar-refractivity contribution in [3.8, 4) is 0 Å². The van der Waals surface area contributed by atoms with Crippen LogP contribution < -0.4 is 5.32 Å². The molecule has 1 amide bonds. The standard InChI is InChI=1S/C11H14F2NO4P.C8H8BrF2O3P/c1-8(15)14-7-6-9-2-4-10(5-3-9)11(12,13)19(16,17)18;1-5-3-2-4-6(7(5)9)8(10,11)15(12,13)14/h2-5H,6-7H2,1H3,(H,14,15)(H2,16,17,18);2-4H,1H3,(H2,12,13,14). The Morgan fingerprint density at radius 3 is 1.88 bits per heavy atom. The van der Waals surface area contributed by atoms with Gasteiger partial charge in [0.15, 0.2) is 0 Å². The number of nitrogens with one attached hydrogen (secondary N) is 1. The highest BCUT2D eigenvalue weighted by atomic mass is 79.9. The Hall–Kier alpha value is -1.59. The monoisotopic (exact) mass is 593 g/mol. The molecule has 0 aromatic heterocycles. The maximum absolute atomic E-state index is 13.3. The SMILES string of the molecule is CC(=O)NCCc1ccc(C(F)(F)P(=O)(O)O)cc1.Cc1cccc(C(F)(F)P(=O)(O)O)c1Br. The number of carbonyl (C=O) groups excluding carboxylic acids is 1. The zero-order chi connectivity index (χ0) is 26.5. The van der Waals surface area contributed by atoms with Crippen molar-refractivity contribution in [3.63, 3.8) is 0 Å². The molecule has 0 unspecified atom stereocenters. The number of amides is 1. The van der Waals surface area contributed by atoms with Crippen molar-refractivity contribution in [2.75, 3.05) is 6.54 Å². The van der Waals surface area contributed by atoms with Crippen molar-refractivity contribution in [2.24, 2.45) is 0 Å². The summed E-state index contributed by atoms with van der Waals surface area (Å²) in [5, 5.41) is 2.55. The minimum atomic E-state index is -5.53. The van der Waals surface area contributed by atoms with E-state index >= 15 is 0 Å². The maximum Gasteiger partial charge on any atom is 0.399 e. The molecule has 0 spiro atoms. The molecule has 2 rings (SSSR count). The minimum absolute atomic E-state index is 0.0123. The molecule has 5 N–H and O–H groups in total. The van der Waals surface area contributed by atoms with Gasteiger partial charge in [0.1, 0.15) is 0 Å². The predicted octanol–water partition coefficient (Wildman–Crippen LogP) is 4.58. The van der Waals surface area contributed by atoms with Crippen molar-refractivity contribution in [1.29, 1.82) is 0 Å². The Labute approximate surface area is 200 Å². The molecule has 0 saturated heterocycles. The molecule has 0 bridgehead atoms. The lowest BCUT2D eigenvalue weighted by atomic mass is 10.1. The molecule has 0 atom stereocenters. The van der Waals surface area contributed by atoms with Crippen molar-refractivity contribution >= 4 is 37.0 Å². The van der Waals surface area contributed by atoms with Crippen LogP contribution in [0.4, 0.5) is 17.6 Å². The van der Waals surface area contributed by atoms with E-state index < -0.39 is 37.6 Å². The van der Waals surface area contributed by atoms with Crippen LogP contribution in [0.25, 0.3) is 0 Å². The molecule has 0 aliphatic rings. The number of hydrogen-bond donors (Lipinski definition) is 5. The first-order valence-electron chi connectivity index (χ1n) is 9.28. The molecular formula is C19H22BrF4NO7P2. The molecule has 2 aromatic rings. The molecule has 2 aromatic carbocycles. The highest BCUT2D eigenvalue weighted by molar-refractivity contribution is 9.10. The number of halogens is 5. The summed E-state index contributed by atoms with van der Waals surface area (Å²) in [6.07, 6.45) is 0.446. The van der Waals surface area contributed by atoms with E-state index in [1.807, 2.05) is 0 Å². The van der Waals surface area contributed by atoms with Crippen molar-refractivity contribution in [2.45, 2.75) is 31.6 Å². The van der Waals surface area contributed by atoms with Gasteiger partial charge >= 0.3 is 26.5 Å². The average molecular weight is 594 g/mol. The van der Waals surface area contributed by atoms with Crippen molar-refractivity contribution < 1.29 is 51.1 Å². The minimum Gasteiger partial charge on any atom is -0.356 e. The number of rotatable bonds is 7. The van der Waals surface area contributed by atoms with Gasteiger partial charge in [-0.05, 0) is 40.4 Å². The number of hydrogen-bond acceptors (Lipinski definition) is 3. The Morgan fingerprint density at radius 2 is 1.44 bits per heavy atom. The quantitative estimate of drug-likeness (QED) is 0.233. The van der Waals surface area contributed by atoms with Crippen LogP contribution in [-0.2, 0) is 31.7 Å². The van der Waals surface area contributed by atoms with Gasteiger partial charge < -0.3 is 24.9 Å². The zero-order valence-corrected chi connectivity index (χ0v) is 21.1. The molecule has 0 saturated carbocycles. The Morgan fingerprint density at radius 1 is 0.941 bits per heavy atom. The van der Waals surface area contributed by atoms with E-state index in [1.54, 1.807) is 13.0 Å². The Bertz CT molecular complexity index is 1100. The van der Waals surface area contributed by atoms with Crippen LogP contribution in [0.5, 0.6) is 0 Å². The smallest absolute Gasteiger partial charge is 0.356 e. The van der Waals surface area contributed by atoms with Gasteiger partial charge in [0.25, 0.3) is 0 Å². The zero-order valence-electron chi connectivity index (χ0n) is 17.8. The van der Waals surface area contributed by atoms with E-state index in [2.05, 4.69) is 21.2 Å². The summed E-state index contributed by atoms with van der Waals surface area (Å²) in [4.78, 5) is 44.9. The van der Waals surface area contributed by atoms with Crippen LogP contribution in [0.1, 0.15) is 29.2 Å². The second-order valence-electron chi connectivity index (χ2n) is 7.04. The van der Waals surface area contributed by atoms with E-state index in [0.717, 1.165) is 18.2 Å². The molecule has 34 heavy (non-hydrogen) atoms. The summed E-state index contributed by atoms with van der Waals surface area (Å²) in [5.74, 6) is -0.190. The topological polar surface area (TPSA) is 144 Å². The van der Waals surface area contributed by atoms with Crippen molar-refractivity contribution in [1.82, 2.24) is 5.32 Å². The summed E-state index contributed by atoms with van der Waals surface area (Å²) in [6.45, 7) is 3.29. The van der Waals surface area contributed by atoms with Gasteiger partial charge in [0.2, 0.25) is 5.91 Å². The number of benzene rings is 2. The van der Waals surface area contributed by atoms with Crippen LogP contribution in [0, 0.1) is 6.92 Å². The van der Waals surface area contributed by atoms with E-state index in [-0.39, 0.29) is 10.4 Å². The highest BCUT2D eigenvalue weighted by Gasteiger charge is 2.51. The lowest BCUT2D eigenvalue weighted by molar-refractivity contribution is -0.118. The summed E-state index contributed by atoms with van der Waals surface area (Å²) in [6, 6.07) is 8.50. The fourth-order valence-corrected chi connectivity index (χ4v) is 4.11. The second-order valence-corrected chi connectivity index (χ2v) is 11.1. The number of carbonyl (C=O) groups is 1. The third kappa shape index (κ3) is 7.71. The lowest BCUT2D eigenvalue weighted by Gasteiger charge is -2.19. The van der Waals surface area contributed by atoms with E-state index in [1.165, 1.54) is 25.1 Å². The molecule has 15 heteroatoms. The summed E-state index contributed by atoms with van der Waals surface area (Å²) >= 11 is 2.89. The van der Waals surface area contributed by atoms with E-state index in [0.29, 0.717) is 24.1 Å². The van der Waals surface area contributed by atoms with Crippen LogP contribution in [-0.4, -0.2) is 32.0 Å². The van der Waals surface area contributed by atoms with Gasteiger partial charge in [0.05, 0.1) is 0 Å². The first-order valence-corrected chi connectivity index (χ1v) is 13.3. The van der Waals surface area contributed by atoms with Gasteiger partial charge in [-0.15, -0.1) is 0 Å². The van der Waals surface area contributed by atoms with Gasteiger partial charge in [-0.3, -0.25) is 13.9 Å². The molecule has 190 valence electrons. The second kappa shape index (κ2) is 11.4. The van der Waals surface area contributed by atoms with E-state index in [4.69, 9.17) is 19.6 Å². The van der Waals surface area contributed by atoms with E-state index in [9.17, 15) is 31.5 Å². The molecule has 0 aliphatic carbocycles. The average Bonchev–Trinajstić information content (AvgIpc) is 2.69. The van der Waals surface area contributed by atoms with Crippen molar-refractivity contribution in [3.05, 3.63) is 69.2 Å². The van der Waals surface area contributed by atoms with Crippen LogP contribution >= 0.6 is 31.1 Å². The van der Waals surface area contributed by atoms with Crippen LogP contribution in [0.15, 0.2) is 46.9 Å². The molecule has 0 heterocycles. The maximum atomic E-state index is 13.3. The van der Waals surface area contributed by atoms with Gasteiger partial charge in [-0.25, -0.2) is 0 Å². The lowest BCUT2D eigenvalue weighted by Crippen LogP contribution is -2.22. The fourth-order valence-electron chi connectivity index (χ4n) is 2.46.